The Hall–Kier alpha value is -4.25. The number of para-hydroxylation sites is 3. The van der Waals surface area contributed by atoms with E-state index < -0.39 is 0 Å². The fourth-order valence-electron chi connectivity index (χ4n) is 4.31. The molecule has 5 nitrogen and oxygen atoms in total. The molecule has 0 aliphatic rings. The first kappa shape index (κ1) is 24.4. The second-order valence-corrected chi connectivity index (χ2v) is 8.30. The van der Waals surface area contributed by atoms with E-state index in [0.29, 0.717) is 0 Å². The number of fused-ring (bicyclic) bond motifs is 3. The molecule has 0 unspecified atom stereocenters. The third kappa shape index (κ3) is 4.77. The van der Waals surface area contributed by atoms with Crippen LogP contribution in [0.4, 0.5) is 0 Å². The summed E-state index contributed by atoms with van der Waals surface area (Å²) in [5.41, 5.74) is 5.85. The van der Waals surface area contributed by atoms with Crippen molar-refractivity contribution in [2.24, 2.45) is 0 Å². The molecular weight excluding hydrogens is 637 g/mol. The molecule has 0 amide bonds. The minimum atomic E-state index is 0. The van der Waals surface area contributed by atoms with E-state index in [2.05, 4.69) is 51.9 Å². The normalized spacial score (nSPS) is 10.6. The molecule has 0 aliphatic carbocycles. The number of nitrogens with zero attached hydrogens (tertiary/aromatic N) is 4. The van der Waals surface area contributed by atoms with Gasteiger partial charge in [0.15, 0.2) is 0 Å². The summed E-state index contributed by atoms with van der Waals surface area (Å²) in [4.78, 5) is 4.60. The number of furan rings is 1. The second-order valence-electron chi connectivity index (χ2n) is 8.30. The number of aryl methyl sites for hydroxylation is 1. The minimum absolute atomic E-state index is 0. The van der Waals surface area contributed by atoms with E-state index in [1.165, 1.54) is 5.56 Å². The Bertz CT molecular complexity index is 1750. The molecule has 183 valence electrons. The summed E-state index contributed by atoms with van der Waals surface area (Å²) >= 11 is 0. The molecule has 0 spiro atoms. The Balaban J connectivity index is 0.000000197. The van der Waals surface area contributed by atoms with E-state index in [0.717, 1.165) is 44.7 Å². The van der Waals surface area contributed by atoms with E-state index in [1.807, 2.05) is 91.4 Å². The van der Waals surface area contributed by atoms with E-state index in [1.54, 1.807) is 10.9 Å². The van der Waals surface area contributed by atoms with E-state index in [-0.39, 0.29) is 20.1 Å². The third-order valence-corrected chi connectivity index (χ3v) is 6.02. The molecule has 0 aliphatic heterocycles. The van der Waals surface area contributed by atoms with Crippen molar-refractivity contribution in [2.75, 3.05) is 0 Å². The third-order valence-electron chi connectivity index (χ3n) is 6.02. The van der Waals surface area contributed by atoms with E-state index in [9.17, 15) is 0 Å². The SMILES string of the molecule is Cc1ccccc1-n1ccnc1-c1[c-]ccc2c1oc1ccccc12.[Ir].[c-]1ccccc1-n1cccn1. The molecule has 4 aromatic carbocycles. The largest absolute Gasteiger partial charge is 0.501 e. The van der Waals surface area contributed by atoms with Gasteiger partial charge in [-0.2, -0.15) is 29.4 Å². The summed E-state index contributed by atoms with van der Waals surface area (Å²) in [6, 6.07) is 36.4. The number of benzene rings is 4. The molecule has 0 atom stereocenters. The van der Waals surface area contributed by atoms with Crippen LogP contribution in [0, 0.1) is 19.1 Å². The smallest absolute Gasteiger partial charge is 0.120 e. The van der Waals surface area contributed by atoms with Gasteiger partial charge in [-0.05, 0) is 36.4 Å². The maximum Gasteiger partial charge on any atom is 0.120 e. The van der Waals surface area contributed by atoms with E-state index in [4.69, 9.17) is 4.42 Å². The molecule has 6 heteroatoms. The average molecular weight is 659 g/mol. The number of hydrogen-bond donors (Lipinski definition) is 0. The van der Waals surface area contributed by atoms with Crippen LogP contribution in [0.15, 0.2) is 120 Å². The zero-order valence-corrected chi connectivity index (χ0v) is 22.4. The number of aromatic nitrogens is 4. The van der Waals surface area contributed by atoms with Gasteiger partial charge >= 0.3 is 0 Å². The first-order chi connectivity index (χ1) is 17.8. The van der Waals surface area contributed by atoms with Gasteiger partial charge in [0.2, 0.25) is 0 Å². The first-order valence-electron chi connectivity index (χ1n) is 11.7. The van der Waals surface area contributed by atoms with Crippen LogP contribution in [-0.4, -0.2) is 19.3 Å². The topological polar surface area (TPSA) is 48.8 Å². The minimum Gasteiger partial charge on any atom is -0.501 e. The quantitative estimate of drug-likeness (QED) is 0.189. The van der Waals surface area contributed by atoms with Gasteiger partial charge in [-0.15, -0.1) is 24.3 Å². The Morgan fingerprint density at radius 1 is 0.757 bits per heavy atom. The van der Waals surface area contributed by atoms with Crippen molar-refractivity contribution in [2.45, 2.75) is 6.92 Å². The number of imidazole rings is 1. The molecule has 1 radical (unpaired) electrons. The predicted octanol–water partition coefficient (Wildman–Crippen LogP) is 7.22. The zero-order valence-electron chi connectivity index (χ0n) is 20.0. The van der Waals surface area contributed by atoms with Gasteiger partial charge in [0.25, 0.3) is 0 Å². The van der Waals surface area contributed by atoms with Crippen molar-refractivity contribution in [1.82, 2.24) is 19.3 Å². The summed E-state index contributed by atoms with van der Waals surface area (Å²) in [5, 5.41) is 6.27. The van der Waals surface area contributed by atoms with Gasteiger partial charge in [-0.3, -0.25) is 9.67 Å². The number of rotatable bonds is 3. The van der Waals surface area contributed by atoms with Crippen LogP contribution in [-0.2, 0) is 20.1 Å². The second kappa shape index (κ2) is 10.8. The van der Waals surface area contributed by atoms with Crippen molar-refractivity contribution < 1.29 is 24.5 Å². The summed E-state index contributed by atoms with van der Waals surface area (Å²) in [6.45, 7) is 2.10. The van der Waals surface area contributed by atoms with Gasteiger partial charge in [0.1, 0.15) is 5.58 Å². The zero-order chi connectivity index (χ0) is 24.3. The van der Waals surface area contributed by atoms with Crippen molar-refractivity contribution in [3.8, 4) is 22.8 Å². The molecule has 7 rings (SSSR count). The average Bonchev–Trinajstić information content (AvgIpc) is 3.70. The summed E-state index contributed by atoms with van der Waals surface area (Å²) in [5.74, 6) is 0.832. The molecular formula is C31H22IrN4O-2. The summed E-state index contributed by atoms with van der Waals surface area (Å²) in [7, 11) is 0. The monoisotopic (exact) mass is 659 g/mol. The van der Waals surface area contributed by atoms with Crippen molar-refractivity contribution in [3.05, 3.63) is 133 Å². The van der Waals surface area contributed by atoms with Crippen LogP contribution in [0.1, 0.15) is 5.56 Å². The molecule has 0 N–H and O–H groups in total. The van der Waals surface area contributed by atoms with E-state index >= 15 is 0 Å². The summed E-state index contributed by atoms with van der Waals surface area (Å²) < 4.78 is 10.0. The Kier molecular flexibility index (Phi) is 7.13. The maximum absolute atomic E-state index is 6.14. The fraction of sp³-hybridized carbons (Fsp3) is 0.0323. The Morgan fingerprint density at radius 3 is 2.41 bits per heavy atom. The predicted molar refractivity (Wildman–Crippen MR) is 142 cm³/mol. The van der Waals surface area contributed by atoms with Crippen LogP contribution >= 0.6 is 0 Å². The van der Waals surface area contributed by atoms with Gasteiger partial charge in [-0.1, -0.05) is 47.3 Å². The van der Waals surface area contributed by atoms with Crippen LogP contribution in [0.5, 0.6) is 0 Å². The van der Waals surface area contributed by atoms with Crippen molar-refractivity contribution in [1.29, 1.82) is 0 Å². The van der Waals surface area contributed by atoms with Crippen LogP contribution < -0.4 is 0 Å². The molecule has 37 heavy (non-hydrogen) atoms. The maximum atomic E-state index is 6.14. The van der Waals surface area contributed by atoms with Crippen molar-refractivity contribution >= 4 is 21.9 Å². The first-order valence-corrected chi connectivity index (χ1v) is 11.7. The molecule has 0 saturated carbocycles. The molecule has 0 saturated heterocycles. The van der Waals surface area contributed by atoms with Gasteiger partial charge < -0.3 is 8.98 Å². The molecule has 0 bridgehead atoms. The van der Waals surface area contributed by atoms with Gasteiger partial charge in [0, 0.05) is 56.0 Å². The fourth-order valence-corrected chi connectivity index (χ4v) is 4.31. The molecule has 0 fully saturated rings. The molecule has 3 aromatic heterocycles. The van der Waals surface area contributed by atoms with Crippen LogP contribution in [0.3, 0.4) is 0 Å². The Morgan fingerprint density at radius 2 is 1.59 bits per heavy atom. The standard InChI is InChI=1S/C22H15N2O.C9H7N2.Ir/c1-15-7-2-4-11-19(15)24-14-13-23-22(24)18-10-6-9-17-16-8-3-5-12-20(16)25-21(17)18;1-2-5-9(6-3-1)11-8-4-7-10-11;/h2-9,11-14H,1H3;1-5,7-8H;/q2*-1;. The number of hydrogen-bond acceptors (Lipinski definition) is 3. The van der Waals surface area contributed by atoms with Gasteiger partial charge in [-0.25, -0.2) is 0 Å². The summed E-state index contributed by atoms with van der Waals surface area (Å²) in [6.07, 6.45) is 7.44. The Labute approximate surface area is 228 Å². The van der Waals surface area contributed by atoms with Gasteiger partial charge in [0.05, 0.1) is 11.4 Å². The molecule has 3 heterocycles. The molecule has 7 aromatic rings. The van der Waals surface area contributed by atoms with Crippen LogP contribution in [0.2, 0.25) is 0 Å². The van der Waals surface area contributed by atoms with Crippen molar-refractivity contribution in [3.63, 3.8) is 0 Å². The van der Waals surface area contributed by atoms with Crippen LogP contribution in [0.25, 0.3) is 44.7 Å².